The summed E-state index contributed by atoms with van der Waals surface area (Å²) >= 11 is 3.29. The zero-order valence-corrected chi connectivity index (χ0v) is 13.1. The summed E-state index contributed by atoms with van der Waals surface area (Å²) < 4.78 is 11.1. The van der Waals surface area contributed by atoms with Crippen molar-refractivity contribution >= 4 is 27.7 Å². The number of benzene rings is 2. The Bertz CT molecular complexity index is 694. The van der Waals surface area contributed by atoms with Gasteiger partial charge in [0.25, 0.3) is 0 Å². The van der Waals surface area contributed by atoms with Crippen molar-refractivity contribution in [1.29, 1.82) is 0 Å². The fourth-order valence-corrected chi connectivity index (χ4v) is 2.14. The third kappa shape index (κ3) is 3.70. The highest BCUT2D eigenvalue weighted by Crippen LogP contribution is 2.25. The van der Waals surface area contributed by atoms with Crippen LogP contribution in [-0.4, -0.2) is 18.9 Å². The van der Waals surface area contributed by atoms with Crippen LogP contribution in [0.3, 0.4) is 0 Å². The molecule has 108 valence electrons. The van der Waals surface area contributed by atoms with Crippen LogP contribution in [0.2, 0.25) is 0 Å². The van der Waals surface area contributed by atoms with Crippen LogP contribution >= 0.6 is 15.9 Å². The second-order valence-corrected chi connectivity index (χ2v) is 5.23. The molecule has 0 bridgehead atoms. The number of methoxy groups -OCH3 is 1. The minimum Gasteiger partial charge on any atom is -0.497 e. The number of ether oxygens (including phenoxy) is 2. The standard InChI is InChI=1S/C16H13BrO4/c1-10(18)14-9-12(17)6-7-15(14)21-16(19)11-4-3-5-13(8-11)20-2/h3-9H,1-2H3. The molecule has 0 saturated carbocycles. The highest BCUT2D eigenvalue weighted by Gasteiger charge is 2.15. The quantitative estimate of drug-likeness (QED) is 0.478. The van der Waals surface area contributed by atoms with E-state index in [0.29, 0.717) is 16.9 Å². The molecule has 2 aromatic rings. The molecule has 0 aliphatic rings. The van der Waals surface area contributed by atoms with E-state index in [-0.39, 0.29) is 11.5 Å². The lowest BCUT2D eigenvalue weighted by Gasteiger charge is -2.09. The largest absolute Gasteiger partial charge is 0.497 e. The summed E-state index contributed by atoms with van der Waals surface area (Å²) in [4.78, 5) is 23.7. The Balaban J connectivity index is 2.29. The van der Waals surface area contributed by atoms with Crippen LogP contribution in [-0.2, 0) is 0 Å². The van der Waals surface area contributed by atoms with Gasteiger partial charge < -0.3 is 9.47 Å². The fraction of sp³-hybridized carbons (Fsp3) is 0.125. The van der Waals surface area contributed by atoms with E-state index in [0.717, 1.165) is 4.47 Å². The molecule has 0 unspecified atom stereocenters. The normalized spacial score (nSPS) is 10.0. The van der Waals surface area contributed by atoms with Crippen molar-refractivity contribution in [3.63, 3.8) is 0 Å². The van der Waals surface area contributed by atoms with E-state index in [1.165, 1.54) is 14.0 Å². The molecule has 2 rings (SSSR count). The van der Waals surface area contributed by atoms with E-state index in [9.17, 15) is 9.59 Å². The van der Waals surface area contributed by atoms with Crippen LogP contribution < -0.4 is 9.47 Å². The maximum absolute atomic E-state index is 12.1. The van der Waals surface area contributed by atoms with Gasteiger partial charge in [0.1, 0.15) is 11.5 Å². The Morgan fingerprint density at radius 3 is 2.52 bits per heavy atom. The van der Waals surface area contributed by atoms with Crippen LogP contribution in [0.5, 0.6) is 11.5 Å². The van der Waals surface area contributed by atoms with Crippen molar-refractivity contribution in [3.05, 3.63) is 58.1 Å². The van der Waals surface area contributed by atoms with E-state index in [1.807, 2.05) is 0 Å². The van der Waals surface area contributed by atoms with Gasteiger partial charge in [0.15, 0.2) is 5.78 Å². The number of ketones is 1. The number of Topliss-reactive ketones (excluding diaryl/α,β-unsaturated/α-hetero) is 1. The zero-order chi connectivity index (χ0) is 15.4. The third-order valence-corrected chi connectivity index (χ3v) is 3.32. The van der Waals surface area contributed by atoms with E-state index in [2.05, 4.69) is 15.9 Å². The Kier molecular flexibility index (Phi) is 4.75. The SMILES string of the molecule is COc1cccc(C(=O)Oc2ccc(Br)cc2C(C)=O)c1. The van der Waals surface area contributed by atoms with Gasteiger partial charge >= 0.3 is 5.97 Å². The Labute approximate surface area is 130 Å². The predicted octanol–water partition coefficient (Wildman–Crippen LogP) is 3.88. The summed E-state index contributed by atoms with van der Waals surface area (Å²) in [6.07, 6.45) is 0. The number of hydrogen-bond acceptors (Lipinski definition) is 4. The smallest absolute Gasteiger partial charge is 0.343 e. The van der Waals surface area contributed by atoms with Gasteiger partial charge in [-0.3, -0.25) is 4.79 Å². The van der Waals surface area contributed by atoms with Crippen LogP contribution in [0.1, 0.15) is 27.6 Å². The van der Waals surface area contributed by atoms with Crippen LogP contribution in [0.25, 0.3) is 0 Å². The van der Waals surface area contributed by atoms with E-state index in [1.54, 1.807) is 42.5 Å². The minimum absolute atomic E-state index is 0.176. The maximum Gasteiger partial charge on any atom is 0.343 e. The van der Waals surface area contributed by atoms with Crippen molar-refractivity contribution < 1.29 is 19.1 Å². The summed E-state index contributed by atoms with van der Waals surface area (Å²) in [5.41, 5.74) is 0.701. The Morgan fingerprint density at radius 1 is 1.10 bits per heavy atom. The maximum atomic E-state index is 12.1. The molecule has 0 atom stereocenters. The van der Waals surface area contributed by atoms with Gasteiger partial charge in [-0.15, -0.1) is 0 Å². The molecule has 0 N–H and O–H groups in total. The van der Waals surface area contributed by atoms with Crippen molar-refractivity contribution in [2.24, 2.45) is 0 Å². The van der Waals surface area contributed by atoms with E-state index >= 15 is 0 Å². The lowest BCUT2D eigenvalue weighted by atomic mass is 10.1. The summed E-state index contributed by atoms with van der Waals surface area (Å²) in [7, 11) is 1.52. The number of hydrogen-bond donors (Lipinski definition) is 0. The summed E-state index contributed by atoms with van der Waals surface area (Å²) in [6.45, 7) is 1.42. The van der Waals surface area contributed by atoms with Gasteiger partial charge in [-0.05, 0) is 43.3 Å². The molecule has 0 fully saturated rings. The van der Waals surface area contributed by atoms with Gasteiger partial charge in [-0.1, -0.05) is 22.0 Å². The minimum atomic E-state index is -0.543. The molecule has 0 aromatic heterocycles. The molecule has 0 heterocycles. The number of carbonyl (C=O) groups excluding carboxylic acids is 2. The van der Waals surface area contributed by atoms with Crippen molar-refractivity contribution in [3.8, 4) is 11.5 Å². The van der Waals surface area contributed by atoms with Gasteiger partial charge in [-0.2, -0.15) is 0 Å². The van der Waals surface area contributed by atoms with Crippen molar-refractivity contribution in [2.75, 3.05) is 7.11 Å². The second-order valence-electron chi connectivity index (χ2n) is 4.32. The summed E-state index contributed by atoms with van der Waals surface area (Å²) in [6, 6.07) is 11.5. The molecule has 5 heteroatoms. The Morgan fingerprint density at radius 2 is 1.86 bits per heavy atom. The molecule has 0 aliphatic carbocycles. The fourth-order valence-electron chi connectivity index (χ4n) is 1.78. The van der Waals surface area contributed by atoms with Crippen molar-refractivity contribution in [2.45, 2.75) is 6.92 Å². The molecule has 0 spiro atoms. The van der Waals surface area contributed by atoms with Crippen LogP contribution in [0.4, 0.5) is 0 Å². The molecule has 0 radical (unpaired) electrons. The number of esters is 1. The first kappa shape index (κ1) is 15.3. The second kappa shape index (κ2) is 6.54. The average molecular weight is 349 g/mol. The average Bonchev–Trinajstić information content (AvgIpc) is 2.48. The highest BCUT2D eigenvalue weighted by atomic mass is 79.9. The molecule has 21 heavy (non-hydrogen) atoms. The van der Waals surface area contributed by atoms with Crippen LogP contribution in [0, 0.1) is 0 Å². The van der Waals surface area contributed by atoms with E-state index in [4.69, 9.17) is 9.47 Å². The first-order valence-electron chi connectivity index (χ1n) is 6.18. The first-order valence-corrected chi connectivity index (χ1v) is 6.97. The Hall–Kier alpha value is -2.14. The summed E-state index contributed by atoms with van der Waals surface area (Å²) in [5, 5.41) is 0. The van der Waals surface area contributed by atoms with Gasteiger partial charge in [0.2, 0.25) is 0 Å². The third-order valence-electron chi connectivity index (χ3n) is 2.83. The summed E-state index contributed by atoms with van der Waals surface area (Å²) in [5.74, 6) is 0.0778. The van der Waals surface area contributed by atoms with Gasteiger partial charge in [-0.25, -0.2) is 4.79 Å². The molecule has 4 nitrogen and oxygen atoms in total. The van der Waals surface area contributed by atoms with Gasteiger partial charge in [0, 0.05) is 4.47 Å². The molecule has 0 aliphatic heterocycles. The monoisotopic (exact) mass is 348 g/mol. The van der Waals surface area contributed by atoms with Crippen molar-refractivity contribution in [1.82, 2.24) is 0 Å². The molecule has 2 aromatic carbocycles. The zero-order valence-electron chi connectivity index (χ0n) is 11.6. The van der Waals surface area contributed by atoms with Gasteiger partial charge in [0.05, 0.1) is 18.2 Å². The molecule has 0 saturated heterocycles. The lowest BCUT2D eigenvalue weighted by molar-refractivity contribution is 0.0732. The highest BCUT2D eigenvalue weighted by molar-refractivity contribution is 9.10. The molecular formula is C16H13BrO4. The number of halogens is 1. The molecular weight excluding hydrogens is 336 g/mol. The van der Waals surface area contributed by atoms with Crippen LogP contribution in [0.15, 0.2) is 46.9 Å². The lowest BCUT2D eigenvalue weighted by Crippen LogP contribution is -2.11. The van der Waals surface area contributed by atoms with E-state index < -0.39 is 5.97 Å². The number of carbonyl (C=O) groups is 2. The predicted molar refractivity (Wildman–Crippen MR) is 82.1 cm³/mol. The topological polar surface area (TPSA) is 52.6 Å². The first-order chi connectivity index (χ1) is 10.0. The molecule has 0 amide bonds. The number of rotatable bonds is 4.